The number of rotatable bonds is 17. The predicted octanol–water partition coefficient (Wildman–Crippen LogP) is 8.83. The molecule has 0 saturated carbocycles. The number of carbonyl (C=O) groups excluding carboxylic acids is 1. The van der Waals surface area contributed by atoms with E-state index in [9.17, 15) is 4.79 Å². The maximum absolute atomic E-state index is 12.2. The molecule has 0 fully saturated rings. The van der Waals surface area contributed by atoms with Gasteiger partial charge in [0.25, 0.3) is 5.91 Å². The Kier molecular flexibility index (Phi) is 11.9. The summed E-state index contributed by atoms with van der Waals surface area (Å²) in [5.41, 5.74) is 5.01. The summed E-state index contributed by atoms with van der Waals surface area (Å²) in [6.45, 7) is 2.99. The average molecular weight is 538 g/mol. The lowest BCUT2D eigenvalue weighted by Crippen LogP contribution is -2.29. The van der Waals surface area contributed by atoms with E-state index in [-0.39, 0.29) is 12.5 Å². The van der Waals surface area contributed by atoms with Crippen LogP contribution in [0.3, 0.4) is 0 Å². The van der Waals surface area contributed by atoms with Crippen LogP contribution in [-0.4, -0.2) is 29.0 Å². The number of imidazole rings is 1. The van der Waals surface area contributed by atoms with E-state index < -0.39 is 0 Å². The number of aromatic amines is 1. The average Bonchev–Trinajstić information content (AvgIpc) is 3.46. The molecule has 0 unspecified atom stereocenters. The molecule has 0 atom stereocenters. The molecule has 4 rings (SSSR count). The van der Waals surface area contributed by atoms with E-state index in [1.54, 1.807) is 0 Å². The number of carbonyl (C=O) groups is 1. The van der Waals surface area contributed by atoms with E-state index in [2.05, 4.69) is 41.5 Å². The summed E-state index contributed by atoms with van der Waals surface area (Å²) in [7, 11) is 0. The van der Waals surface area contributed by atoms with Crippen molar-refractivity contribution in [1.29, 1.82) is 0 Å². The van der Waals surface area contributed by atoms with Crippen LogP contribution in [-0.2, 0) is 4.79 Å². The van der Waals surface area contributed by atoms with Crippen LogP contribution < -0.4 is 10.1 Å². The molecule has 0 saturated heterocycles. The number of H-pyrrole nitrogens is 1. The van der Waals surface area contributed by atoms with Gasteiger partial charge in [-0.3, -0.25) is 4.79 Å². The van der Waals surface area contributed by atoms with E-state index in [1.807, 2.05) is 60.7 Å². The molecule has 40 heavy (non-hydrogen) atoms. The number of unbranched alkanes of at least 4 members (excludes halogenated alkanes) is 9. The lowest BCUT2D eigenvalue weighted by Gasteiger charge is -2.08. The largest absolute Gasteiger partial charge is 0.484 e. The fourth-order valence-corrected chi connectivity index (χ4v) is 4.88. The summed E-state index contributed by atoms with van der Waals surface area (Å²) in [5, 5.41) is 2.98. The van der Waals surface area contributed by atoms with Crippen LogP contribution in [0.2, 0.25) is 0 Å². The molecule has 5 nitrogen and oxygen atoms in total. The Balaban J connectivity index is 1.22. The minimum Gasteiger partial charge on any atom is -0.484 e. The summed E-state index contributed by atoms with van der Waals surface area (Å²) in [6.07, 6.45) is 12.9. The van der Waals surface area contributed by atoms with E-state index in [1.165, 1.54) is 57.8 Å². The van der Waals surface area contributed by atoms with Crippen molar-refractivity contribution in [3.05, 3.63) is 84.9 Å². The van der Waals surface area contributed by atoms with Crippen LogP contribution in [0.4, 0.5) is 0 Å². The highest BCUT2D eigenvalue weighted by Gasteiger charge is 2.15. The minimum atomic E-state index is -0.0777. The standard InChI is InChI=1S/C35H43N3O2/c1-2-3-4-5-6-7-8-9-10-17-26-36-32(39)27-40-31-24-22-30(23-25-31)35-37-33(28-18-13-11-14-19-28)34(38-35)29-20-15-12-16-21-29/h11-16,18-25H,2-10,17,26-27H2,1H3,(H,36,39)(H,37,38). The van der Waals surface area contributed by atoms with Crippen molar-refractivity contribution in [3.63, 3.8) is 0 Å². The molecule has 1 aromatic heterocycles. The van der Waals surface area contributed by atoms with Gasteiger partial charge in [0.2, 0.25) is 0 Å². The molecule has 0 spiro atoms. The van der Waals surface area contributed by atoms with Crippen LogP contribution in [0.25, 0.3) is 33.9 Å². The molecule has 4 aromatic rings. The molecule has 1 amide bonds. The van der Waals surface area contributed by atoms with Crippen LogP contribution in [0, 0.1) is 0 Å². The third kappa shape index (κ3) is 9.11. The Morgan fingerprint density at radius 2 is 1.27 bits per heavy atom. The van der Waals surface area contributed by atoms with Gasteiger partial charge in [-0.05, 0) is 30.7 Å². The SMILES string of the molecule is CCCCCCCCCCCCNC(=O)COc1ccc(-c2nc(-c3ccccc3)c(-c3ccccc3)[nH]2)cc1. The first-order valence-corrected chi connectivity index (χ1v) is 15.0. The van der Waals surface area contributed by atoms with E-state index >= 15 is 0 Å². The number of ether oxygens (including phenoxy) is 1. The number of hydrogen-bond acceptors (Lipinski definition) is 3. The van der Waals surface area contributed by atoms with Crippen molar-refractivity contribution in [1.82, 2.24) is 15.3 Å². The summed E-state index contributed by atoms with van der Waals surface area (Å²) in [4.78, 5) is 20.7. The monoisotopic (exact) mass is 537 g/mol. The topological polar surface area (TPSA) is 67.0 Å². The summed E-state index contributed by atoms with van der Waals surface area (Å²) in [6, 6.07) is 28.2. The van der Waals surface area contributed by atoms with Crippen molar-refractivity contribution in [2.24, 2.45) is 0 Å². The lowest BCUT2D eigenvalue weighted by molar-refractivity contribution is -0.123. The van der Waals surface area contributed by atoms with Gasteiger partial charge in [0.15, 0.2) is 6.61 Å². The smallest absolute Gasteiger partial charge is 0.257 e. The highest BCUT2D eigenvalue weighted by atomic mass is 16.5. The Bertz CT molecular complexity index is 1210. The number of benzene rings is 3. The van der Waals surface area contributed by atoms with Gasteiger partial charge in [-0.1, -0.05) is 125 Å². The Labute approximate surface area is 239 Å². The predicted molar refractivity (Wildman–Crippen MR) is 165 cm³/mol. The van der Waals surface area contributed by atoms with Gasteiger partial charge in [0.1, 0.15) is 11.6 Å². The van der Waals surface area contributed by atoms with Gasteiger partial charge in [-0.25, -0.2) is 4.98 Å². The van der Waals surface area contributed by atoms with Gasteiger partial charge in [0.05, 0.1) is 11.4 Å². The summed E-state index contributed by atoms with van der Waals surface area (Å²) < 4.78 is 5.73. The molecule has 0 aliphatic heterocycles. The molecule has 1 heterocycles. The van der Waals surface area contributed by atoms with Gasteiger partial charge >= 0.3 is 0 Å². The molecular weight excluding hydrogens is 494 g/mol. The van der Waals surface area contributed by atoms with Crippen molar-refractivity contribution in [2.45, 2.75) is 71.1 Å². The molecule has 210 valence electrons. The molecule has 0 aliphatic rings. The third-order valence-electron chi connectivity index (χ3n) is 7.16. The first-order valence-electron chi connectivity index (χ1n) is 15.0. The van der Waals surface area contributed by atoms with Gasteiger partial charge in [0, 0.05) is 23.2 Å². The third-order valence-corrected chi connectivity index (χ3v) is 7.16. The lowest BCUT2D eigenvalue weighted by atomic mass is 10.1. The van der Waals surface area contributed by atoms with Crippen LogP contribution in [0.5, 0.6) is 5.75 Å². The normalized spacial score (nSPS) is 10.9. The molecule has 0 bridgehead atoms. The maximum Gasteiger partial charge on any atom is 0.257 e. The van der Waals surface area contributed by atoms with Crippen LogP contribution in [0.1, 0.15) is 71.1 Å². The highest BCUT2D eigenvalue weighted by molar-refractivity contribution is 5.81. The Morgan fingerprint density at radius 1 is 0.700 bits per heavy atom. The molecule has 2 N–H and O–H groups in total. The molecular formula is C35H43N3O2. The van der Waals surface area contributed by atoms with Crippen molar-refractivity contribution < 1.29 is 9.53 Å². The van der Waals surface area contributed by atoms with Crippen molar-refractivity contribution in [3.8, 4) is 39.7 Å². The minimum absolute atomic E-state index is 0.0220. The number of nitrogens with zero attached hydrogens (tertiary/aromatic N) is 1. The van der Waals surface area contributed by atoms with E-state index in [0.29, 0.717) is 12.3 Å². The first-order chi connectivity index (χ1) is 19.7. The van der Waals surface area contributed by atoms with E-state index in [4.69, 9.17) is 9.72 Å². The highest BCUT2D eigenvalue weighted by Crippen LogP contribution is 2.33. The molecule has 5 heteroatoms. The zero-order chi connectivity index (χ0) is 27.8. The Hall–Kier alpha value is -3.86. The van der Waals surface area contributed by atoms with Gasteiger partial charge in [-0.15, -0.1) is 0 Å². The summed E-state index contributed by atoms with van der Waals surface area (Å²) >= 11 is 0. The fourth-order valence-electron chi connectivity index (χ4n) is 4.88. The summed E-state index contributed by atoms with van der Waals surface area (Å²) in [5.74, 6) is 1.38. The second-order valence-corrected chi connectivity index (χ2v) is 10.4. The van der Waals surface area contributed by atoms with Crippen LogP contribution >= 0.6 is 0 Å². The number of hydrogen-bond donors (Lipinski definition) is 2. The van der Waals surface area contributed by atoms with E-state index in [0.717, 1.165) is 40.3 Å². The molecule has 0 radical (unpaired) electrons. The maximum atomic E-state index is 12.2. The van der Waals surface area contributed by atoms with Crippen molar-refractivity contribution >= 4 is 5.91 Å². The second-order valence-electron chi connectivity index (χ2n) is 10.4. The second kappa shape index (κ2) is 16.3. The number of aromatic nitrogens is 2. The molecule has 0 aliphatic carbocycles. The quantitative estimate of drug-likeness (QED) is 0.132. The van der Waals surface area contributed by atoms with Crippen molar-refractivity contribution in [2.75, 3.05) is 13.2 Å². The molecule has 3 aromatic carbocycles. The zero-order valence-electron chi connectivity index (χ0n) is 23.8. The van der Waals surface area contributed by atoms with Crippen LogP contribution in [0.15, 0.2) is 84.9 Å². The number of amides is 1. The zero-order valence-corrected chi connectivity index (χ0v) is 23.8. The van der Waals surface area contributed by atoms with Gasteiger partial charge in [-0.2, -0.15) is 0 Å². The number of nitrogens with one attached hydrogen (secondary N) is 2. The first kappa shape index (κ1) is 29.1. The van der Waals surface area contributed by atoms with Gasteiger partial charge < -0.3 is 15.0 Å². The Morgan fingerprint density at radius 3 is 1.90 bits per heavy atom. The fraction of sp³-hybridized carbons (Fsp3) is 0.371.